The maximum Gasteiger partial charge on any atom is 0.237 e. The molecule has 0 saturated heterocycles. The van der Waals surface area contributed by atoms with E-state index in [0.29, 0.717) is 0 Å². The van der Waals surface area contributed by atoms with Gasteiger partial charge in [-0.1, -0.05) is 0 Å². The quantitative estimate of drug-likeness (QED) is 0.584. The Kier molecular flexibility index (Phi) is 4.20. The highest BCUT2D eigenvalue weighted by atomic mass is 16.1. The van der Waals surface area contributed by atoms with Gasteiger partial charge in [-0.05, 0) is 41.0 Å². The lowest BCUT2D eigenvalue weighted by atomic mass is 9.97. The smallest absolute Gasteiger partial charge is 0.237 e. The molecule has 0 aliphatic carbocycles. The second-order valence-electron chi connectivity index (χ2n) is 3.50. The number of likely N-dealkylation sites (N-methyl/N-ethyl adjacent to an activating group) is 1. The molecule has 0 aromatic rings. The van der Waals surface area contributed by atoms with Crippen LogP contribution in [0.4, 0.5) is 0 Å². The van der Waals surface area contributed by atoms with Crippen molar-refractivity contribution in [2.45, 2.75) is 18.9 Å². The molecule has 1 unspecified atom stereocenters. The van der Waals surface area contributed by atoms with Crippen molar-refractivity contribution in [3.8, 4) is 0 Å². The summed E-state index contributed by atoms with van der Waals surface area (Å²) in [5.41, 5.74) is 4.67. The van der Waals surface area contributed by atoms with Crippen LogP contribution in [-0.4, -0.2) is 44.0 Å². The molecule has 0 fully saturated rings. The minimum absolute atomic E-state index is 0.299. The Balaban J connectivity index is 4.06. The number of carbonyl (C=O) groups is 1. The fourth-order valence-electron chi connectivity index (χ4n) is 0.819. The first-order valence-electron chi connectivity index (χ1n) is 4.06. The van der Waals surface area contributed by atoms with E-state index in [1.165, 1.54) is 0 Å². The van der Waals surface area contributed by atoms with E-state index in [9.17, 15) is 4.79 Å². The normalized spacial score (nSPS) is 16.1. The van der Waals surface area contributed by atoms with Crippen LogP contribution < -0.4 is 11.1 Å². The van der Waals surface area contributed by atoms with Crippen molar-refractivity contribution >= 4 is 5.91 Å². The summed E-state index contributed by atoms with van der Waals surface area (Å²) in [7, 11) is 5.69. The standard InChI is InChI=1S/C8H19N3O/c1-8(10-2,7(9)12)5-6-11(3)4/h10H,5-6H2,1-4H3,(H2,9,12). The number of carbonyl (C=O) groups excluding carboxylic acids is 1. The molecule has 0 spiro atoms. The molecule has 0 heterocycles. The van der Waals surface area contributed by atoms with Crippen LogP contribution in [0.15, 0.2) is 0 Å². The van der Waals surface area contributed by atoms with Gasteiger partial charge in [0, 0.05) is 0 Å². The monoisotopic (exact) mass is 173 g/mol. The van der Waals surface area contributed by atoms with Gasteiger partial charge in [0.15, 0.2) is 0 Å². The summed E-state index contributed by atoms with van der Waals surface area (Å²) in [5, 5.41) is 2.93. The van der Waals surface area contributed by atoms with E-state index < -0.39 is 5.54 Å². The van der Waals surface area contributed by atoms with E-state index in [1.807, 2.05) is 25.9 Å². The lowest BCUT2D eigenvalue weighted by Gasteiger charge is -2.26. The zero-order valence-corrected chi connectivity index (χ0v) is 8.35. The Labute approximate surface area is 74.1 Å². The zero-order valence-electron chi connectivity index (χ0n) is 8.35. The van der Waals surface area contributed by atoms with Gasteiger partial charge in [-0.3, -0.25) is 4.79 Å². The number of hydrogen-bond donors (Lipinski definition) is 2. The molecular weight excluding hydrogens is 154 g/mol. The van der Waals surface area contributed by atoms with Crippen LogP contribution in [-0.2, 0) is 4.79 Å². The van der Waals surface area contributed by atoms with Crippen LogP contribution in [0, 0.1) is 0 Å². The third-order valence-electron chi connectivity index (χ3n) is 2.15. The highest BCUT2D eigenvalue weighted by molar-refractivity contribution is 5.84. The number of amides is 1. The van der Waals surface area contributed by atoms with E-state index >= 15 is 0 Å². The van der Waals surface area contributed by atoms with E-state index in [-0.39, 0.29) is 5.91 Å². The minimum Gasteiger partial charge on any atom is -0.368 e. The molecule has 0 rings (SSSR count). The van der Waals surface area contributed by atoms with Crippen LogP contribution >= 0.6 is 0 Å². The van der Waals surface area contributed by atoms with Gasteiger partial charge in [0.25, 0.3) is 0 Å². The topological polar surface area (TPSA) is 58.4 Å². The first-order chi connectivity index (χ1) is 5.42. The summed E-state index contributed by atoms with van der Waals surface area (Å²) >= 11 is 0. The van der Waals surface area contributed by atoms with Crippen molar-refractivity contribution in [2.24, 2.45) is 5.73 Å². The first-order valence-corrected chi connectivity index (χ1v) is 4.06. The Hall–Kier alpha value is -0.610. The van der Waals surface area contributed by atoms with Crippen molar-refractivity contribution in [1.82, 2.24) is 10.2 Å². The van der Waals surface area contributed by atoms with Crippen molar-refractivity contribution < 1.29 is 4.79 Å². The molecule has 4 nitrogen and oxygen atoms in total. The number of primary amides is 1. The van der Waals surface area contributed by atoms with Crippen LogP contribution in [0.1, 0.15) is 13.3 Å². The van der Waals surface area contributed by atoms with Gasteiger partial charge >= 0.3 is 0 Å². The zero-order chi connectivity index (χ0) is 9.78. The summed E-state index contributed by atoms with van der Waals surface area (Å²) < 4.78 is 0. The molecular formula is C8H19N3O. The first kappa shape index (κ1) is 11.4. The SMILES string of the molecule is CNC(C)(CCN(C)C)C(N)=O. The number of rotatable bonds is 5. The second-order valence-corrected chi connectivity index (χ2v) is 3.50. The molecule has 0 aliphatic heterocycles. The predicted molar refractivity (Wildman–Crippen MR) is 49.8 cm³/mol. The third kappa shape index (κ3) is 3.19. The average molecular weight is 173 g/mol. The highest BCUT2D eigenvalue weighted by Gasteiger charge is 2.28. The number of hydrogen-bond acceptors (Lipinski definition) is 3. The fourth-order valence-corrected chi connectivity index (χ4v) is 0.819. The summed E-state index contributed by atoms with van der Waals surface area (Å²) in [5.74, 6) is -0.299. The predicted octanol–water partition coefficient (Wildman–Crippen LogP) is -0.598. The Morgan fingerprint density at radius 2 is 2.08 bits per heavy atom. The minimum atomic E-state index is -0.579. The van der Waals surface area contributed by atoms with E-state index in [2.05, 4.69) is 5.32 Å². The summed E-state index contributed by atoms with van der Waals surface area (Å²) in [4.78, 5) is 13.0. The van der Waals surface area contributed by atoms with Crippen molar-refractivity contribution in [1.29, 1.82) is 0 Å². The third-order valence-corrected chi connectivity index (χ3v) is 2.15. The molecule has 72 valence electrons. The molecule has 12 heavy (non-hydrogen) atoms. The molecule has 1 amide bonds. The molecule has 3 N–H and O–H groups in total. The van der Waals surface area contributed by atoms with Gasteiger partial charge in [-0.25, -0.2) is 0 Å². The van der Waals surface area contributed by atoms with Crippen molar-refractivity contribution in [3.63, 3.8) is 0 Å². The van der Waals surface area contributed by atoms with Gasteiger partial charge in [-0.15, -0.1) is 0 Å². The maximum atomic E-state index is 11.0. The summed E-state index contributed by atoms with van der Waals surface area (Å²) in [6.45, 7) is 2.67. The Morgan fingerprint density at radius 3 is 2.33 bits per heavy atom. The van der Waals surface area contributed by atoms with Gasteiger partial charge in [0.2, 0.25) is 5.91 Å². The van der Waals surface area contributed by atoms with Crippen molar-refractivity contribution in [2.75, 3.05) is 27.7 Å². The molecule has 0 aliphatic rings. The summed E-state index contributed by atoms with van der Waals surface area (Å²) in [6, 6.07) is 0. The molecule has 0 radical (unpaired) electrons. The van der Waals surface area contributed by atoms with Crippen LogP contribution in [0.3, 0.4) is 0 Å². The maximum absolute atomic E-state index is 11.0. The Bertz CT molecular complexity index is 158. The second kappa shape index (κ2) is 4.42. The van der Waals surface area contributed by atoms with E-state index in [4.69, 9.17) is 5.73 Å². The van der Waals surface area contributed by atoms with Gasteiger partial charge in [-0.2, -0.15) is 0 Å². The number of nitrogens with zero attached hydrogens (tertiary/aromatic N) is 1. The lowest BCUT2D eigenvalue weighted by Crippen LogP contribution is -2.52. The largest absolute Gasteiger partial charge is 0.368 e. The van der Waals surface area contributed by atoms with Gasteiger partial charge < -0.3 is 16.0 Å². The van der Waals surface area contributed by atoms with Gasteiger partial charge in [0.1, 0.15) is 0 Å². The van der Waals surface area contributed by atoms with E-state index in [0.717, 1.165) is 13.0 Å². The molecule has 1 atom stereocenters. The van der Waals surface area contributed by atoms with E-state index in [1.54, 1.807) is 7.05 Å². The fraction of sp³-hybridized carbons (Fsp3) is 0.875. The Morgan fingerprint density at radius 1 is 1.58 bits per heavy atom. The number of nitrogens with two attached hydrogens (primary N) is 1. The molecule has 0 bridgehead atoms. The summed E-state index contributed by atoms with van der Waals surface area (Å²) in [6.07, 6.45) is 0.728. The molecule has 4 heteroatoms. The van der Waals surface area contributed by atoms with Gasteiger partial charge in [0.05, 0.1) is 5.54 Å². The molecule has 0 aromatic carbocycles. The van der Waals surface area contributed by atoms with Crippen LogP contribution in [0.25, 0.3) is 0 Å². The highest BCUT2D eigenvalue weighted by Crippen LogP contribution is 2.07. The molecule has 0 aromatic heterocycles. The van der Waals surface area contributed by atoms with Crippen molar-refractivity contribution in [3.05, 3.63) is 0 Å². The lowest BCUT2D eigenvalue weighted by molar-refractivity contribution is -0.123. The van der Waals surface area contributed by atoms with Crippen LogP contribution in [0.5, 0.6) is 0 Å². The average Bonchev–Trinajstić information content (AvgIpc) is 1.99. The molecule has 0 saturated carbocycles. The van der Waals surface area contributed by atoms with Crippen LogP contribution in [0.2, 0.25) is 0 Å². The number of nitrogens with one attached hydrogen (secondary N) is 1.